The minimum Gasteiger partial charge on any atom is -0.338 e. The molecule has 1 unspecified atom stereocenters. The summed E-state index contributed by atoms with van der Waals surface area (Å²) in [5.41, 5.74) is 3.37. The molecule has 3 aromatic rings. The summed E-state index contributed by atoms with van der Waals surface area (Å²) in [6.07, 6.45) is 1.81. The molecule has 0 aliphatic carbocycles. The Labute approximate surface area is 196 Å². The van der Waals surface area contributed by atoms with Gasteiger partial charge in [-0.3, -0.25) is 19.4 Å². The highest BCUT2D eigenvalue weighted by molar-refractivity contribution is 6.30. The van der Waals surface area contributed by atoms with Gasteiger partial charge in [-0.1, -0.05) is 35.9 Å². The third-order valence-electron chi connectivity index (χ3n) is 6.04. The van der Waals surface area contributed by atoms with Crippen molar-refractivity contribution >= 4 is 35.0 Å². The van der Waals surface area contributed by atoms with Crippen molar-refractivity contribution < 1.29 is 14.4 Å². The van der Waals surface area contributed by atoms with Gasteiger partial charge in [0.15, 0.2) is 0 Å². The summed E-state index contributed by atoms with van der Waals surface area (Å²) >= 11 is 5.99. The van der Waals surface area contributed by atoms with Gasteiger partial charge >= 0.3 is 0 Å². The van der Waals surface area contributed by atoms with Gasteiger partial charge in [0, 0.05) is 30.0 Å². The molecule has 1 aromatic heterocycles. The maximum absolute atomic E-state index is 13.4. The molecule has 1 saturated heterocycles. The van der Waals surface area contributed by atoms with Crippen molar-refractivity contribution in [1.29, 1.82) is 0 Å². The topological polar surface area (TPSA) is 82.6 Å². The van der Waals surface area contributed by atoms with Crippen LogP contribution in [0.1, 0.15) is 16.1 Å². The van der Waals surface area contributed by atoms with Crippen molar-refractivity contribution in [2.75, 3.05) is 25.0 Å². The molecule has 0 radical (unpaired) electrons. The Morgan fingerprint density at radius 3 is 2.58 bits per heavy atom. The molecule has 1 N–H and O–H groups in total. The first-order chi connectivity index (χ1) is 16.0. The molecular weight excluding hydrogens is 440 g/mol. The van der Waals surface area contributed by atoms with E-state index < -0.39 is 6.04 Å². The smallest absolute Gasteiger partial charge is 0.256 e. The maximum atomic E-state index is 13.4. The van der Waals surface area contributed by atoms with Crippen molar-refractivity contribution in [1.82, 2.24) is 14.8 Å². The molecule has 2 aliphatic heterocycles. The molecule has 3 amide bonds. The molecule has 1 atom stereocenters. The van der Waals surface area contributed by atoms with E-state index in [1.54, 1.807) is 52.4 Å². The fourth-order valence-corrected chi connectivity index (χ4v) is 4.40. The zero-order valence-electron chi connectivity index (χ0n) is 17.7. The average Bonchev–Trinajstić information content (AvgIpc) is 2.94. The lowest BCUT2D eigenvalue weighted by Crippen LogP contribution is -2.59. The number of fused-ring (bicyclic) bond motifs is 2. The van der Waals surface area contributed by atoms with Crippen LogP contribution in [-0.4, -0.2) is 58.2 Å². The summed E-state index contributed by atoms with van der Waals surface area (Å²) in [6.45, 7) is 0.810. The SMILES string of the molecule is O=C1Nc2ccc(-c3ccc(Cl)cc3)cc2C(=O)N2CCN(C(=O)Cc3ccccn3)CC12. The van der Waals surface area contributed by atoms with Gasteiger partial charge in [0.1, 0.15) is 6.04 Å². The van der Waals surface area contributed by atoms with Crippen LogP contribution >= 0.6 is 11.6 Å². The fourth-order valence-electron chi connectivity index (χ4n) is 4.27. The van der Waals surface area contributed by atoms with Gasteiger partial charge < -0.3 is 15.1 Å². The molecule has 1 fully saturated rings. The van der Waals surface area contributed by atoms with Gasteiger partial charge in [-0.15, -0.1) is 0 Å². The Bertz CT molecular complexity index is 1230. The first kappa shape index (κ1) is 21.2. The van der Waals surface area contributed by atoms with E-state index in [4.69, 9.17) is 11.6 Å². The zero-order chi connectivity index (χ0) is 22.9. The van der Waals surface area contributed by atoms with Crippen LogP contribution in [0.3, 0.4) is 0 Å². The molecule has 2 aliphatic rings. The lowest BCUT2D eigenvalue weighted by atomic mass is 10.0. The van der Waals surface area contributed by atoms with Crippen molar-refractivity contribution in [3.05, 3.63) is 83.1 Å². The molecule has 3 heterocycles. The Morgan fingerprint density at radius 2 is 1.82 bits per heavy atom. The van der Waals surface area contributed by atoms with Gasteiger partial charge in [0.25, 0.3) is 5.91 Å². The molecular formula is C25H21ClN4O3. The number of nitrogens with zero attached hydrogens (tertiary/aromatic N) is 3. The van der Waals surface area contributed by atoms with Gasteiger partial charge in [-0.05, 0) is 47.5 Å². The molecule has 33 heavy (non-hydrogen) atoms. The first-order valence-corrected chi connectivity index (χ1v) is 11.1. The predicted molar refractivity (Wildman–Crippen MR) is 125 cm³/mol. The van der Waals surface area contributed by atoms with E-state index in [9.17, 15) is 14.4 Å². The number of amides is 3. The highest BCUT2D eigenvalue weighted by Gasteiger charge is 2.40. The average molecular weight is 461 g/mol. The minimum atomic E-state index is -0.745. The number of halogens is 1. The van der Waals surface area contributed by atoms with Crippen molar-refractivity contribution in [3.8, 4) is 11.1 Å². The van der Waals surface area contributed by atoms with Crippen LogP contribution in [0.15, 0.2) is 66.9 Å². The number of carbonyl (C=O) groups excluding carboxylic acids is 3. The van der Waals surface area contributed by atoms with Gasteiger partial charge in [-0.2, -0.15) is 0 Å². The Kier molecular flexibility index (Phi) is 5.56. The molecule has 0 bridgehead atoms. The van der Waals surface area contributed by atoms with E-state index in [1.807, 2.05) is 24.3 Å². The molecule has 2 aromatic carbocycles. The lowest BCUT2D eigenvalue weighted by molar-refractivity contribution is -0.135. The minimum absolute atomic E-state index is 0.111. The van der Waals surface area contributed by atoms with Crippen LogP contribution in [-0.2, 0) is 16.0 Å². The standard InChI is InChI=1S/C25H21ClN4O3/c26-18-7-4-16(5-8-18)17-6-9-21-20(13-17)25(33)30-12-11-29(15-22(30)24(32)28-21)23(31)14-19-3-1-2-10-27-19/h1-10,13,22H,11-12,14-15H2,(H,28,32). The van der Waals surface area contributed by atoms with Crippen LogP contribution in [0.4, 0.5) is 5.69 Å². The normalized spacial score (nSPS) is 17.7. The number of nitrogens with one attached hydrogen (secondary N) is 1. The van der Waals surface area contributed by atoms with Gasteiger partial charge in [0.2, 0.25) is 11.8 Å². The monoisotopic (exact) mass is 460 g/mol. The summed E-state index contributed by atoms with van der Waals surface area (Å²) in [6, 6.07) is 17.5. The molecule has 8 heteroatoms. The number of hydrogen-bond acceptors (Lipinski definition) is 4. The quantitative estimate of drug-likeness (QED) is 0.650. The van der Waals surface area contributed by atoms with Crippen LogP contribution in [0.5, 0.6) is 0 Å². The first-order valence-electron chi connectivity index (χ1n) is 10.7. The Hall–Kier alpha value is -3.71. The van der Waals surface area contributed by atoms with Gasteiger partial charge in [0.05, 0.1) is 24.2 Å². The molecule has 7 nitrogen and oxygen atoms in total. The number of carbonyl (C=O) groups is 3. The summed E-state index contributed by atoms with van der Waals surface area (Å²) in [5, 5.41) is 3.51. The molecule has 0 spiro atoms. The predicted octanol–water partition coefficient (Wildman–Crippen LogP) is 3.25. The highest BCUT2D eigenvalue weighted by atomic mass is 35.5. The number of pyridine rings is 1. The molecule has 5 rings (SSSR count). The summed E-state index contributed by atoms with van der Waals surface area (Å²) in [4.78, 5) is 46.6. The van der Waals surface area contributed by atoms with E-state index in [0.29, 0.717) is 28.5 Å². The van der Waals surface area contributed by atoms with Crippen molar-refractivity contribution in [2.24, 2.45) is 0 Å². The van der Waals surface area contributed by atoms with Gasteiger partial charge in [-0.25, -0.2) is 0 Å². The second kappa shape index (κ2) is 8.67. The van der Waals surface area contributed by atoms with Crippen molar-refractivity contribution in [2.45, 2.75) is 12.5 Å². The third-order valence-corrected chi connectivity index (χ3v) is 6.29. The van der Waals surface area contributed by atoms with Crippen LogP contribution < -0.4 is 5.32 Å². The second-order valence-electron chi connectivity index (χ2n) is 8.11. The Balaban J connectivity index is 1.38. The van der Waals surface area contributed by atoms with E-state index in [1.165, 1.54) is 0 Å². The summed E-state index contributed by atoms with van der Waals surface area (Å²) in [5.74, 6) is -0.627. The largest absolute Gasteiger partial charge is 0.338 e. The lowest BCUT2D eigenvalue weighted by Gasteiger charge is -2.39. The van der Waals surface area contributed by atoms with Crippen LogP contribution in [0.25, 0.3) is 11.1 Å². The van der Waals surface area contributed by atoms with E-state index in [0.717, 1.165) is 11.1 Å². The number of piperazine rings is 1. The van der Waals surface area contributed by atoms with Crippen LogP contribution in [0.2, 0.25) is 5.02 Å². The van der Waals surface area contributed by atoms with E-state index >= 15 is 0 Å². The van der Waals surface area contributed by atoms with Crippen molar-refractivity contribution in [3.63, 3.8) is 0 Å². The summed E-state index contributed by atoms with van der Waals surface area (Å²) in [7, 11) is 0. The van der Waals surface area contributed by atoms with E-state index in [-0.39, 0.29) is 37.2 Å². The Morgan fingerprint density at radius 1 is 1.03 bits per heavy atom. The molecule has 0 saturated carbocycles. The number of rotatable bonds is 3. The second-order valence-corrected chi connectivity index (χ2v) is 8.54. The number of benzene rings is 2. The molecule has 166 valence electrons. The van der Waals surface area contributed by atoms with E-state index in [2.05, 4.69) is 10.3 Å². The highest BCUT2D eigenvalue weighted by Crippen LogP contribution is 2.30. The number of aromatic nitrogens is 1. The van der Waals surface area contributed by atoms with Crippen LogP contribution in [0, 0.1) is 0 Å². The summed E-state index contributed by atoms with van der Waals surface area (Å²) < 4.78 is 0. The number of anilines is 1. The maximum Gasteiger partial charge on any atom is 0.256 e. The third kappa shape index (κ3) is 4.19. The fraction of sp³-hybridized carbons (Fsp3) is 0.200. The number of hydrogen-bond donors (Lipinski definition) is 1. The zero-order valence-corrected chi connectivity index (χ0v) is 18.5.